The maximum atomic E-state index is 5.83. The van der Waals surface area contributed by atoms with Crippen LogP contribution < -0.4 is 14.2 Å². The van der Waals surface area contributed by atoms with Crippen LogP contribution in [0.5, 0.6) is 17.2 Å². The van der Waals surface area contributed by atoms with Crippen molar-refractivity contribution in [1.29, 1.82) is 0 Å². The second kappa shape index (κ2) is 11.9. The van der Waals surface area contributed by atoms with E-state index in [1.165, 1.54) is 11.1 Å². The summed E-state index contributed by atoms with van der Waals surface area (Å²) in [4.78, 5) is 0. The lowest BCUT2D eigenvalue weighted by molar-refractivity contribution is 0.0205. The molecule has 4 rings (SSSR count). The average molecular weight is 417 g/mol. The minimum Gasteiger partial charge on any atom is -0.487 e. The molecule has 0 bridgehead atoms. The number of para-hydroxylation sites is 1. The first-order valence-electron chi connectivity index (χ1n) is 10.9. The molecule has 0 N–H and O–H groups in total. The van der Waals surface area contributed by atoms with Crippen molar-refractivity contribution in [2.24, 2.45) is 0 Å². The summed E-state index contributed by atoms with van der Waals surface area (Å²) in [6.07, 6.45) is 1.04. The van der Waals surface area contributed by atoms with Crippen LogP contribution in [0.15, 0.2) is 36.4 Å². The van der Waals surface area contributed by atoms with Gasteiger partial charge in [-0.3, -0.25) is 0 Å². The molecule has 0 fully saturated rings. The van der Waals surface area contributed by atoms with E-state index in [1.807, 2.05) is 66.7 Å². The molecule has 170 valence electrons. The van der Waals surface area contributed by atoms with Gasteiger partial charge in [0.05, 0.1) is 0 Å². The quantitative estimate of drug-likeness (QED) is 0.436. The van der Waals surface area contributed by atoms with Gasteiger partial charge in [0.15, 0.2) is 11.5 Å². The molecule has 3 heteroatoms. The Balaban J connectivity index is 0.000000469. The maximum Gasteiger partial charge on any atom is 0.165 e. The van der Waals surface area contributed by atoms with Crippen LogP contribution in [-0.4, -0.2) is 17.8 Å². The van der Waals surface area contributed by atoms with Crippen LogP contribution in [0.3, 0.4) is 0 Å². The highest BCUT2D eigenvalue weighted by Crippen LogP contribution is 2.37. The van der Waals surface area contributed by atoms with Gasteiger partial charge in [0.1, 0.15) is 23.6 Å². The smallest absolute Gasteiger partial charge is 0.165 e. The Hall–Kier alpha value is -2.16. The van der Waals surface area contributed by atoms with Crippen LogP contribution in [0.1, 0.15) is 79.5 Å². The largest absolute Gasteiger partial charge is 0.487 e. The van der Waals surface area contributed by atoms with Gasteiger partial charge in [0.2, 0.25) is 0 Å². The molecule has 3 nitrogen and oxygen atoms in total. The molecule has 0 radical (unpaired) electrons. The van der Waals surface area contributed by atoms with Crippen LogP contribution >= 0.6 is 0 Å². The highest BCUT2D eigenvalue weighted by atomic mass is 16.6. The topological polar surface area (TPSA) is 27.7 Å². The van der Waals surface area contributed by atoms with Crippen molar-refractivity contribution in [3.8, 4) is 17.2 Å². The van der Waals surface area contributed by atoms with Crippen LogP contribution in [-0.2, 0) is 6.42 Å². The van der Waals surface area contributed by atoms with Crippen LogP contribution in [0.4, 0.5) is 0 Å². The van der Waals surface area contributed by atoms with E-state index in [0.717, 1.165) is 29.2 Å². The van der Waals surface area contributed by atoms with E-state index in [-0.39, 0.29) is 18.6 Å². The van der Waals surface area contributed by atoms with E-state index in [9.17, 15) is 0 Å². The van der Waals surface area contributed by atoms with Gasteiger partial charge in [-0.15, -0.1) is 0 Å². The Bertz CT molecular complexity index is 776. The molecule has 30 heavy (non-hydrogen) atoms. The molecule has 0 aromatic heterocycles. The third-order valence-corrected chi connectivity index (χ3v) is 4.49. The van der Waals surface area contributed by atoms with Crippen molar-refractivity contribution in [3.63, 3.8) is 0 Å². The van der Waals surface area contributed by atoms with Gasteiger partial charge < -0.3 is 14.2 Å². The molecule has 0 amide bonds. The first-order valence-corrected chi connectivity index (χ1v) is 10.9. The SMILES string of the molecule is C.CC.CC.Cc1cccc2c1CC(C)(C)O2.Cc1cccc2c1OC(C)(C)CO2. The highest BCUT2D eigenvalue weighted by molar-refractivity contribution is 5.47. The van der Waals surface area contributed by atoms with Crippen molar-refractivity contribution in [2.45, 2.75) is 94.3 Å². The molecule has 2 aliphatic rings. The fourth-order valence-corrected chi connectivity index (χ4v) is 3.18. The Kier molecular flexibility index (Phi) is 11.0. The molecule has 0 atom stereocenters. The first kappa shape index (κ1) is 27.8. The summed E-state index contributed by atoms with van der Waals surface area (Å²) < 4.78 is 17.2. The predicted octanol–water partition coefficient (Wildman–Crippen LogP) is 7.94. The summed E-state index contributed by atoms with van der Waals surface area (Å²) in [6, 6.07) is 12.2. The van der Waals surface area contributed by atoms with Crippen LogP contribution in [0.25, 0.3) is 0 Å². The normalized spacial score (nSPS) is 15.8. The van der Waals surface area contributed by atoms with Crippen molar-refractivity contribution < 1.29 is 14.2 Å². The molecule has 0 saturated heterocycles. The molecular formula is C27H44O3. The summed E-state index contributed by atoms with van der Waals surface area (Å²) >= 11 is 0. The Morgan fingerprint density at radius 2 is 1.23 bits per heavy atom. The Morgan fingerprint density at radius 1 is 0.700 bits per heavy atom. The number of hydrogen-bond donors (Lipinski definition) is 0. The maximum absolute atomic E-state index is 5.83. The minimum atomic E-state index is -0.209. The summed E-state index contributed by atoms with van der Waals surface area (Å²) in [6.45, 7) is 21.1. The second-order valence-corrected chi connectivity index (χ2v) is 8.14. The van der Waals surface area contributed by atoms with Crippen molar-refractivity contribution in [3.05, 3.63) is 53.1 Å². The first-order chi connectivity index (χ1) is 13.7. The summed E-state index contributed by atoms with van der Waals surface area (Å²) in [5.41, 5.74) is 3.64. The number of aryl methyl sites for hydroxylation is 2. The number of hydrogen-bond acceptors (Lipinski definition) is 3. The van der Waals surface area contributed by atoms with Gasteiger partial charge >= 0.3 is 0 Å². The molecule has 0 saturated carbocycles. The van der Waals surface area contributed by atoms with Crippen molar-refractivity contribution in [2.75, 3.05) is 6.61 Å². The monoisotopic (exact) mass is 416 g/mol. The minimum absolute atomic E-state index is 0. The fraction of sp³-hybridized carbons (Fsp3) is 0.556. The molecule has 2 heterocycles. The lowest BCUT2D eigenvalue weighted by Gasteiger charge is -2.33. The van der Waals surface area contributed by atoms with Gasteiger partial charge in [0, 0.05) is 12.0 Å². The molecule has 2 aromatic rings. The zero-order valence-corrected chi connectivity index (χ0v) is 20.1. The standard InChI is InChI=1S/C11H14O2.C11H14O.2C2H6.CH4/c1-8-5-4-6-9-10(8)13-11(2,3)7-12-9;1-8-5-4-6-10-9(8)7-11(2,3)12-10;2*1-2;/h4-6H,7H2,1-3H3;4-6H,7H2,1-3H3;2*1-2H3;1H4. The fourth-order valence-electron chi connectivity index (χ4n) is 3.18. The predicted molar refractivity (Wildman–Crippen MR) is 130 cm³/mol. The average Bonchev–Trinajstić information content (AvgIpc) is 3.01. The summed E-state index contributed by atoms with van der Waals surface area (Å²) in [5, 5.41) is 0. The second-order valence-electron chi connectivity index (χ2n) is 8.14. The van der Waals surface area contributed by atoms with Gasteiger partial charge in [-0.1, -0.05) is 59.4 Å². The van der Waals surface area contributed by atoms with E-state index in [2.05, 4.69) is 39.0 Å². The summed E-state index contributed by atoms with van der Waals surface area (Å²) in [7, 11) is 0. The van der Waals surface area contributed by atoms with Crippen LogP contribution in [0, 0.1) is 13.8 Å². The van der Waals surface area contributed by atoms with E-state index in [0.29, 0.717) is 6.61 Å². The van der Waals surface area contributed by atoms with Gasteiger partial charge in [-0.2, -0.15) is 0 Å². The lowest BCUT2D eigenvalue weighted by Crippen LogP contribution is -2.38. The van der Waals surface area contributed by atoms with Gasteiger partial charge in [-0.05, 0) is 64.8 Å². The third kappa shape index (κ3) is 7.27. The molecule has 0 aliphatic carbocycles. The molecule has 2 aliphatic heterocycles. The zero-order chi connectivity index (χ0) is 22.2. The number of benzene rings is 2. The zero-order valence-electron chi connectivity index (χ0n) is 20.1. The lowest BCUT2D eigenvalue weighted by atomic mass is 9.98. The van der Waals surface area contributed by atoms with Gasteiger partial charge in [0.25, 0.3) is 0 Å². The molecule has 0 unspecified atom stereocenters. The van der Waals surface area contributed by atoms with E-state index in [4.69, 9.17) is 14.2 Å². The molecule has 2 aromatic carbocycles. The number of fused-ring (bicyclic) bond motifs is 2. The van der Waals surface area contributed by atoms with Crippen molar-refractivity contribution in [1.82, 2.24) is 0 Å². The Labute approximate surface area is 185 Å². The Morgan fingerprint density at radius 3 is 1.80 bits per heavy atom. The van der Waals surface area contributed by atoms with Crippen LogP contribution in [0.2, 0.25) is 0 Å². The highest BCUT2D eigenvalue weighted by Gasteiger charge is 2.30. The van der Waals surface area contributed by atoms with Crippen molar-refractivity contribution >= 4 is 0 Å². The van der Waals surface area contributed by atoms with Gasteiger partial charge in [-0.25, -0.2) is 0 Å². The van der Waals surface area contributed by atoms with E-state index in [1.54, 1.807) is 0 Å². The number of ether oxygens (including phenoxy) is 3. The number of rotatable bonds is 0. The van der Waals surface area contributed by atoms with E-state index < -0.39 is 0 Å². The molecule has 0 spiro atoms. The third-order valence-electron chi connectivity index (χ3n) is 4.49. The van der Waals surface area contributed by atoms with E-state index >= 15 is 0 Å². The molecular weight excluding hydrogens is 372 g/mol. The summed E-state index contributed by atoms with van der Waals surface area (Å²) in [5.74, 6) is 2.82.